The molecule has 6 heteroatoms. The van der Waals surface area contributed by atoms with Gasteiger partial charge in [0.05, 0.1) is 19.9 Å². The summed E-state index contributed by atoms with van der Waals surface area (Å²) in [6, 6.07) is 8.37. The van der Waals surface area contributed by atoms with Crippen LogP contribution in [-0.2, 0) is 17.9 Å². The van der Waals surface area contributed by atoms with Gasteiger partial charge in [0.2, 0.25) is 0 Å². The summed E-state index contributed by atoms with van der Waals surface area (Å²) >= 11 is 6.08. The summed E-state index contributed by atoms with van der Waals surface area (Å²) in [7, 11) is 1.52. The van der Waals surface area contributed by atoms with Crippen molar-refractivity contribution in [1.29, 1.82) is 0 Å². The monoisotopic (exact) mass is 307 g/mol. The van der Waals surface area contributed by atoms with Crippen molar-refractivity contribution in [2.45, 2.75) is 20.1 Å². The van der Waals surface area contributed by atoms with Crippen LogP contribution in [0.3, 0.4) is 0 Å². The Bertz CT molecular complexity index is 593. The molecule has 2 rings (SSSR count). The van der Waals surface area contributed by atoms with Crippen molar-refractivity contribution in [2.24, 2.45) is 0 Å². The molecule has 0 atom stereocenters. The molecule has 1 N–H and O–H groups in total. The normalized spacial score (nSPS) is 10.4. The van der Waals surface area contributed by atoms with Gasteiger partial charge in [-0.3, -0.25) is 0 Å². The third kappa shape index (κ3) is 4.31. The highest BCUT2D eigenvalue weighted by Crippen LogP contribution is 2.21. The second kappa shape index (κ2) is 7.81. The predicted molar refractivity (Wildman–Crippen MR) is 82.7 cm³/mol. The average Bonchev–Trinajstić information content (AvgIpc) is 2.53. The lowest BCUT2D eigenvalue weighted by Crippen LogP contribution is -2.07. The molecule has 0 aliphatic carbocycles. The van der Waals surface area contributed by atoms with E-state index in [0.717, 1.165) is 11.1 Å². The quantitative estimate of drug-likeness (QED) is 0.850. The lowest BCUT2D eigenvalue weighted by atomic mass is 10.1. The summed E-state index contributed by atoms with van der Waals surface area (Å²) in [6.45, 7) is 3.86. The van der Waals surface area contributed by atoms with Crippen LogP contribution in [0.25, 0.3) is 0 Å². The second-order valence-electron chi connectivity index (χ2n) is 4.31. The van der Waals surface area contributed by atoms with Crippen molar-refractivity contribution in [1.82, 2.24) is 9.97 Å². The second-order valence-corrected chi connectivity index (χ2v) is 4.72. The van der Waals surface area contributed by atoms with Gasteiger partial charge in [0.1, 0.15) is 5.02 Å². The minimum Gasteiger partial charge on any atom is -0.467 e. The van der Waals surface area contributed by atoms with Crippen LogP contribution in [0, 0.1) is 0 Å². The summed E-state index contributed by atoms with van der Waals surface area (Å²) in [5.41, 5.74) is 2.28. The first-order chi connectivity index (χ1) is 10.2. The molecule has 0 fully saturated rings. The minimum atomic E-state index is 0.282. The number of ether oxygens (including phenoxy) is 2. The lowest BCUT2D eigenvalue weighted by Gasteiger charge is -2.12. The summed E-state index contributed by atoms with van der Waals surface area (Å²) in [5, 5.41) is 3.66. The molecule has 1 aromatic heterocycles. The van der Waals surface area contributed by atoms with Crippen LogP contribution in [0.5, 0.6) is 6.01 Å². The Labute approximate surface area is 129 Å². The molecule has 2 aromatic rings. The van der Waals surface area contributed by atoms with E-state index in [1.807, 2.05) is 25.1 Å². The van der Waals surface area contributed by atoms with Gasteiger partial charge >= 0.3 is 6.01 Å². The largest absolute Gasteiger partial charge is 0.467 e. The number of rotatable bonds is 7. The highest BCUT2D eigenvalue weighted by Gasteiger charge is 2.07. The predicted octanol–water partition coefficient (Wildman–Crippen LogP) is 3.29. The smallest absolute Gasteiger partial charge is 0.318 e. The van der Waals surface area contributed by atoms with Gasteiger partial charge in [-0.1, -0.05) is 35.9 Å². The van der Waals surface area contributed by atoms with E-state index in [1.54, 1.807) is 0 Å². The van der Waals surface area contributed by atoms with Crippen molar-refractivity contribution < 1.29 is 9.47 Å². The molecular weight excluding hydrogens is 290 g/mol. The maximum atomic E-state index is 6.08. The minimum absolute atomic E-state index is 0.282. The zero-order valence-electron chi connectivity index (χ0n) is 12.1. The van der Waals surface area contributed by atoms with E-state index >= 15 is 0 Å². The Hall–Kier alpha value is -1.85. The molecule has 0 aliphatic heterocycles. The topological polar surface area (TPSA) is 56.3 Å². The third-order valence-corrected chi connectivity index (χ3v) is 3.21. The molecule has 0 unspecified atom stereocenters. The fourth-order valence-electron chi connectivity index (χ4n) is 1.83. The Kier molecular flexibility index (Phi) is 5.78. The van der Waals surface area contributed by atoms with Crippen LogP contribution in [0.1, 0.15) is 18.1 Å². The first-order valence-corrected chi connectivity index (χ1v) is 7.07. The maximum absolute atomic E-state index is 6.08. The molecule has 5 nitrogen and oxygen atoms in total. The Morgan fingerprint density at radius 2 is 2.00 bits per heavy atom. The van der Waals surface area contributed by atoms with Crippen LogP contribution in [0.15, 0.2) is 30.5 Å². The van der Waals surface area contributed by atoms with E-state index in [-0.39, 0.29) is 6.01 Å². The van der Waals surface area contributed by atoms with Crippen molar-refractivity contribution in [3.05, 3.63) is 46.6 Å². The van der Waals surface area contributed by atoms with Crippen molar-refractivity contribution in [3.8, 4) is 6.01 Å². The molecule has 0 bridgehead atoms. The molecule has 1 heterocycles. The van der Waals surface area contributed by atoms with Gasteiger partial charge in [-0.2, -0.15) is 4.98 Å². The number of aromatic nitrogens is 2. The van der Waals surface area contributed by atoms with Crippen LogP contribution in [0.2, 0.25) is 5.02 Å². The van der Waals surface area contributed by atoms with Gasteiger partial charge < -0.3 is 14.8 Å². The molecule has 112 valence electrons. The maximum Gasteiger partial charge on any atom is 0.318 e. The molecule has 0 saturated heterocycles. The number of nitrogens with one attached hydrogen (secondary N) is 1. The Balaban J connectivity index is 2.09. The van der Waals surface area contributed by atoms with Gasteiger partial charge in [-0.05, 0) is 18.1 Å². The lowest BCUT2D eigenvalue weighted by molar-refractivity contribution is 0.133. The highest BCUT2D eigenvalue weighted by molar-refractivity contribution is 6.32. The number of nitrogens with zero attached hydrogens (tertiary/aromatic N) is 2. The van der Waals surface area contributed by atoms with Crippen LogP contribution < -0.4 is 10.1 Å². The van der Waals surface area contributed by atoms with E-state index < -0.39 is 0 Å². The van der Waals surface area contributed by atoms with Crippen LogP contribution >= 0.6 is 11.6 Å². The Morgan fingerprint density at radius 1 is 1.24 bits per heavy atom. The number of hydrogen-bond acceptors (Lipinski definition) is 5. The van der Waals surface area contributed by atoms with E-state index in [4.69, 9.17) is 21.1 Å². The summed E-state index contributed by atoms with van der Waals surface area (Å²) in [5.74, 6) is 0.551. The SMILES string of the molecule is CCOCc1ccccc1CNc1nc(OC)ncc1Cl. The first kappa shape index (κ1) is 15.5. The number of hydrogen-bond donors (Lipinski definition) is 1. The van der Waals surface area contributed by atoms with Gasteiger partial charge in [-0.15, -0.1) is 0 Å². The van der Waals surface area contributed by atoms with E-state index in [9.17, 15) is 0 Å². The summed E-state index contributed by atoms with van der Waals surface area (Å²) < 4.78 is 10.5. The van der Waals surface area contributed by atoms with E-state index in [2.05, 4.69) is 21.4 Å². The molecule has 0 aliphatic rings. The number of benzene rings is 1. The number of methoxy groups -OCH3 is 1. The first-order valence-electron chi connectivity index (χ1n) is 6.69. The van der Waals surface area contributed by atoms with Gasteiger partial charge in [0.15, 0.2) is 5.82 Å². The summed E-state index contributed by atoms with van der Waals surface area (Å²) in [4.78, 5) is 8.14. The fraction of sp³-hybridized carbons (Fsp3) is 0.333. The van der Waals surface area contributed by atoms with Crippen molar-refractivity contribution >= 4 is 17.4 Å². The van der Waals surface area contributed by atoms with E-state index in [1.165, 1.54) is 13.3 Å². The zero-order valence-corrected chi connectivity index (χ0v) is 12.9. The molecule has 0 saturated carbocycles. The molecule has 21 heavy (non-hydrogen) atoms. The number of anilines is 1. The van der Waals surface area contributed by atoms with Gasteiger partial charge in [-0.25, -0.2) is 4.98 Å². The summed E-state index contributed by atoms with van der Waals surface area (Å²) in [6.07, 6.45) is 1.52. The number of halogens is 1. The zero-order chi connectivity index (χ0) is 15.1. The molecule has 1 aromatic carbocycles. The average molecular weight is 308 g/mol. The van der Waals surface area contributed by atoms with E-state index in [0.29, 0.717) is 30.6 Å². The third-order valence-electron chi connectivity index (χ3n) is 2.93. The highest BCUT2D eigenvalue weighted by atomic mass is 35.5. The van der Waals surface area contributed by atoms with Crippen LogP contribution in [-0.4, -0.2) is 23.7 Å². The van der Waals surface area contributed by atoms with Gasteiger partial charge in [0, 0.05) is 13.2 Å². The molecule has 0 amide bonds. The molecule has 0 radical (unpaired) electrons. The van der Waals surface area contributed by atoms with Crippen LogP contribution in [0.4, 0.5) is 5.82 Å². The van der Waals surface area contributed by atoms with Crippen molar-refractivity contribution in [3.63, 3.8) is 0 Å². The molecule has 0 spiro atoms. The van der Waals surface area contributed by atoms with Gasteiger partial charge in [0.25, 0.3) is 0 Å². The standard InChI is InChI=1S/C15H18ClN3O2/c1-3-21-10-12-7-5-4-6-11(12)8-17-14-13(16)9-18-15(19-14)20-2/h4-7,9H,3,8,10H2,1-2H3,(H,17,18,19). The van der Waals surface area contributed by atoms with Crippen molar-refractivity contribution in [2.75, 3.05) is 19.0 Å². The Morgan fingerprint density at radius 3 is 2.71 bits per heavy atom. The fourth-order valence-corrected chi connectivity index (χ4v) is 1.99. The molecular formula is C15H18ClN3O2.